The topological polar surface area (TPSA) is 9.23 Å². The van der Waals surface area contributed by atoms with Crippen molar-refractivity contribution in [2.45, 2.75) is 6.61 Å². The minimum atomic E-state index is -0.372. The highest BCUT2D eigenvalue weighted by molar-refractivity contribution is 5.30. The molecule has 2 heteroatoms. The minimum Gasteiger partial charge on any atom is -0.486 e. The van der Waals surface area contributed by atoms with E-state index in [9.17, 15) is 4.39 Å². The van der Waals surface area contributed by atoms with Crippen LogP contribution in [-0.2, 0) is 6.61 Å². The van der Waals surface area contributed by atoms with Gasteiger partial charge in [0.05, 0.1) is 0 Å². The SMILES string of the molecule is [CH2]c1ccc(OCc2ccccc2)c(F)c1. The smallest absolute Gasteiger partial charge is 0.165 e. The first-order chi connectivity index (χ1) is 7.75. The Hall–Kier alpha value is -1.83. The van der Waals surface area contributed by atoms with Crippen LogP contribution in [0.15, 0.2) is 48.5 Å². The summed E-state index contributed by atoms with van der Waals surface area (Å²) in [6.07, 6.45) is 0. The zero-order chi connectivity index (χ0) is 11.4. The molecule has 2 rings (SSSR count). The Balaban J connectivity index is 2.05. The Labute approximate surface area is 94.5 Å². The van der Waals surface area contributed by atoms with E-state index in [1.54, 1.807) is 12.1 Å². The number of benzene rings is 2. The molecule has 0 N–H and O–H groups in total. The summed E-state index contributed by atoms with van der Waals surface area (Å²) in [6, 6.07) is 14.3. The Morgan fingerprint density at radius 1 is 1.06 bits per heavy atom. The molecule has 0 unspecified atom stereocenters. The van der Waals surface area contributed by atoms with Crippen molar-refractivity contribution in [3.63, 3.8) is 0 Å². The fourth-order valence-corrected chi connectivity index (χ4v) is 1.40. The van der Waals surface area contributed by atoms with Crippen molar-refractivity contribution in [3.05, 3.63) is 72.4 Å². The third kappa shape index (κ3) is 2.60. The summed E-state index contributed by atoms with van der Waals surface area (Å²) in [5, 5.41) is 0. The zero-order valence-corrected chi connectivity index (χ0v) is 8.82. The second-order valence-corrected chi connectivity index (χ2v) is 3.54. The van der Waals surface area contributed by atoms with E-state index in [-0.39, 0.29) is 11.6 Å². The van der Waals surface area contributed by atoms with Crippen LogP contribution in [0.25, 0.3) is 0 Å². The summed E-state index contributed by atoms with van der Waals surface area (Å²) in [7, 11) is 0. The normalized spacial score (nSPS) is 10.1. The minimum absolute atomic E-state index is 0.260. The van der Waals surface area contributed by atoms with Crippen LogP contribution in [0.2, 0.25) is 0 Å². The lowest BCUT2D eigenvalue weighted by Gasteiger charge is -2.07. The molecule has 1 radical (unpaired) electrons. The highest BCUT2D eigenvalue weighted by Gasteiger charge is 2.03. The molecular formula is C14H12FO. The van der Waals surface area contributed by atoms with E-state index in [4.69, 9.17) is 4.74 Å². The molecule has 16 heavy (non-hydrogen) atoms. The van der Waals surface area contributed by atoms with Gasteiger partial charge in [-0.05, 0) is 30.2 Å². The van der Waals surface area contributed by atoms with Gasteiger partial charge in [-0.2, -0.15) is 0 Å². The van der Waals surface area contributed by atoms with Crippen molar-refractivity contribution in [2.24, 2.45) is 0 Å². The van der Waals surface area contributed by atoms with Crippen LogP contribution in [0.4, 0.5) is 4.39 Å². The molecular weight excluding hydrogens is 203 g/mol. The van der Waals surface area contributed by atoms with Crippen LogP contribution < -0.4 is 4.74 Å². The van der Waals surface area contributed by atoms with E-state index in [0.717, 1.165) is 5.56 Å². The molecule has 0 fully saturated rings. The van der Waals surface area contributed by atoms with Gasteiger partial charge in [0.1, 0.15) is 6.61 Å². The highest BCUT2D eigenvalue weighted by atomic mass is 19.1. The van der Waals surface area contributed by atoms with Crippen molar-refractivity contribution in [1.82, 2.24) is 0 Å². The van der Waals surface area contributed by atoms with Crippen LogP contribution >= 0.6 is 0 Å². The Kier molecular flexibility index (Phi) is 3.20. The maximum absolute atomic E-state index is 13.4. The summed E-state index contributed by atoms with van der Waals surface area (Å²) in [4.78, 5) is 0. The molecule has 0 aromatic heterocycles. The number of hydrogen-bond donors (Lipinski definition) is 0. The fourth-order valence-electron chi connectivity index (χ4n) is 1.40. The quantitative estimate of drug-likeness (QED) is 0.760. The van der Waals surface area contributed by atoms with Gasteiger partial charge in [0.2, 0.25) is 0 Å². The number of hydrogen-bond acceptors (Lipinski definition) is 1. The number of halogens is 1. The standard InChI is InChI=1S/C14H12FO/c1-11-7-8-14(13(15)9-11)16-10-12-5-3-2-4-6-12/h2-9H,1,10H2. The molecule has 0 saturated carbocycles. The zero-order valence-electron chi connectivity index (χ0n) is 8.82. The summed E-state index contributed by atoms with van der Waals surface area (Å²) in [5.41, 5.74) is 1.66. The van der Waals surface area contributed by atoms with Gasteiger partial charge in [0.15, 0.2) is 11.6 Å². The Morgan fingerprint density at radius 2 is 1.81 bits per heavy atom. The Bertz CT molecular complexity index is 465. The molecule has 0 aliphatic heterocycles. The lowest BCUT2D eigenvalue weighted by atomic mass is 10.2. The Morgan fingerprint density at radius 3 is 2.50 bits per heavy atom. The van der Waals surface area contributed by atoms with Crippen molar-refractivity contribution in [2.75, 3.05) is 0 Å². The predicted octanol–water partition coefficient (Wildman–Crippen LogP) is 3.59. The van der Waals surface area contributed by atoms with E-state index in [2.05, 4.69) is 6.92 Å². The number of ether oxygens (including phenoxy) is 1. The first-order valence-corrected chi connectivity index (χ1v) is 5.04. The van der Waals surface area contributed by atoms with Gasteiger partial charge >= 0.3 is 0 Å². The van der Waals surface area contributed by atoms with Crippen LogP contribution in [-0.4, -0.2) is 0 Å². The van der Waals surface area contributed by atoms with E-state index in [1.807, 2.05) is 30.3 Å². The van der Waals surface area contributed by atoms with Crippen LogP contribution in [0.3, 0.4) is 0 Å². The molecule has 0 amide bonds. The number of rotatable bonds is 3. The van der Waals surface area contributed by atoms with Crippen LogP contribution in [0, 0.1) is 12.7 Å². The fraction of sp³-hybridized carbons (Fsp3) is 0.0714. The van der Waals surface area contributed by atoms with E-state index in [0.29, 0.717) is 12.2 Å². The van der Waals surface area contributed by atoms with Crippen molar-refractivity contribution in [3.8, 4) is 5.75 Å². The first kappa shape index (κ1) is 10.7. The average Bonchev–Trinajstić information content (AvgIpc) is 2.29. The van der Waals surface area contributed by atoms with Crippen molar-refractivity contribution in [1.29, 1.82) is 0 Å². The van der Waals surface area contributed by atoms with Gasteiger partial charge in [-0.1, -0.05) is 36.4 Å². The largest absolute Gasteiger partial charge is 0.486 e. The van der Waals surface area contributed by atoms with Crippen molar-refractivity contribution < 1.29 is 9.13 Å². The highest BCUT2D eigenvalue weighted by Crippen LogP contribution is 2.19. The molecule has 0 atom stereocenters. The molecule has 0 bridgehead atoms. The molecule has 0 spiro atoms. The predicted molar refractivity (Wildman–Crippen MR) is 61.6 cm³/mol. The van der Waals surface area contributed by atoms with Gasteiger partial charge in [-0.3, -0.25) is 0 Å². The third-order valence-electron chi connectivity index (χ3n) is 2.23. The van der Waals surface area contributed by atoms with Crippen LogP contribution in [0.5, 0.6) is 5.75 Å². The maximum Gasteiger partial charge on any atom is 0.165 e. The summed E-state index contributed by atoms with van der Waals surface area (Å²) in [6.45, 7) is 4.01. The lowest BCUT2D eigenvalue weighted by molar-refractivity contribution is 0.290. The van der Waals surface area contributed by atoms with Gasteiger partial charge in [-0.25, -0.2) is 4.39 Å². The summed E-state index contributed by atoms with van der Waals surface area (Å²) < 4.78 is 18.8. The summed E-state index contributed by atoms with van der Waals surface area (Å²) >= 11 is 0. The average molecular weight is 215 g/mol. The summed E-state index contributed by atoms with van der Waals surface area (Å²) in [5.74, 6) is -0.111. The second kappa shape index (κ2) is 4.79. The molecule has 0 aliphatic carbocycles. The lowest BCUT2D eigenvalue weighted by Crippen LogP contribution is -1.97. The second-order valence-electron chi connectivity index (χ2n) is 3.54. The van der Waals surface area contributed by atoms with E-state index in [1.165, 1.54) is 6.07 Å². The molecule has 0 heterocycles. The third-order valence-corrected chi connectivity index (χ3v) is 2.23. The van der Waals surface area contributed by atoms with Gasteiger partial charge in [0.25, 0.3) is 0 Å². The first-order valence-electron chi connectivity index (χ1n) is 5.04. The van der Waals surface area contributed by atoms with E-state index < -0.39 is 0 Å². The molecule has 0 aliphatic rings. The molecule has 81 valence electrons. The molecule has 2 aromatic rings. The van der Waals surface area contributed by atoms with Gasteiger partial charge in [0, 0.05) is 0 Å². The maximum atomic E-state index is 13.4. The molecule has 0 saturated heterocycles. The molecule has 1 nitrogen and oxygen atoms in total. The van der Waals surface area contributed by atoms with Gasteiger partial charge < -0.3 is 4.74 Å². The monoisotopic (exact) mass is 215 g/mol. The van der Waals surface area contributed by atoms with Crippen molar-refractivity contribution >= 4 is 0 Å². The van der Waals surface area contributed by atoms with Gasteiger partial charge in [-0.15, -0.1) is 0 Å². The van der Waals surface area contributed by atoms with E-state index >= 15 is 0 Å². The molecule has 2 aromatic carbocycles. The van der Waals surface area contributed by atoms with Crippen LogP contribution in [0.1, 0.15) is 11.1 Å².